The zero-order valence-corrected chi connectivity index (χ0v) is 26.7. The van der Waals surface area contributed by atoms with Crippen molar-refractivity contribution in [2.75, 3.05) is 23.0 Å². The molecule has 0 unspecified atom stereocenters. The molecule has 0 saturated carbocycles. The Hall–Kier alpha value is -4.58. The van der Waals surface area contributed by atoms with Crippen molar-refractivity contribution in [3.8, 4) is 0 Å². The van der Waals surface area contributed by atoms with Crippen LogP contribution in [-0.4, -0.2) is 62.1 Å². The number of cyclic esters (lactones) is 1. The maximum Gasteiger partial charge on any atom is 0.414 e. The number of fused-ring (bicyclic) bond motifs is 2. The quantitative estimate of drug-likeness (QED) is 0.273. The molecule has 0 radical (unpaired) electrons. The minimum absolute atomic E-state index is 0.198. The summed E-state index contributed by atoms with van der Waals surface area (Å²) < 4.78 is 13.8. The van der Waals surface area contributed by atoms with Crippen LogP contribution < -0.4 is 9.80 Å². The molecule has 7 rings (SSSR count). The largest absolute Gasteiger partial charge is 0.447 e. The highest BCUT2D eigenvalue weighted by atomic mass is 16.6. The number of carbonyl (C=O) groups is 2. The van der Waals surface area contributed by atoms with Gasteiger partial charge in [0.05, 0.1) is 36.7 Å². The van der Waals surface area contributed by atoms with Crippen LogP contribution in [0.15, 0.2) is 85.1 Å². The number of aromatic nitrogens is 3. The Morgan fingerprint density at radius 3 is 2.45 bits per heavy atom. The van der Waals surface area contributed by atoms with Crippen LogP contribution in [0.2, 0.25) is 0 Å². The van der Waals surface area contributed by atoms with E-state index in [1.165, 1.54) is 0 Å². The molecule has 47 heavy (non-hydrogen) atoms. The standard InChI is InChI=1S/C36H39N5O6/c1-23-31(35(2,3)45)30(16-17-39-22-28(37-38-39)32(42)25-12-8-5-9-13-25)47-36(23)27-20-26(40-18-19-46-34(40)44)14-15-29(27)41(33(36)43)21-24-10-6-4-7-11-24/h4-15,20,22-23,30-32,42,45H,16-19,21H2,1-3H3/t23-,30+,31-,32-,36+/m1/s1. The average Bonchev–Trinajstić information content (AvgIpc) is 3.83. The monoisotopic (exact) mass is 637 g/mol. The van der Waals surface area contributed by atoms with Gasteiger partial charge in [-0.05, 0) is 49.6 Å². The fraction of sp³-hybridized carbons (Fsp3) is 0.389. The number of carbonyl (C=O) groups excluding carboxylic acids is 2. The Bertz CT molecular complexity index is 1770. The summed E-state index contributed by atoms with van der Waals surface area (Å²) in [5.41, 5.74) is 1.56. The third-order valence-electron chi connectivity index (χ3n) is 9.82. The Kier molecular flexibility index (Phi) is 7.86. The van der Waals surface area contributed by atoms with Gasteiger partial charge in [-0.2, -0.15) is 0 Å². The van der Waals surface area contributed by atoms with Gasteiger partial charge < -0.3 is 24.6 Å². The predicted octanol–water partition coefficient (Wildman–Crippen LogP) is 4.57. The van der Waals surface area contributed by atoms with Gasteiger partial charge in [0, 0.05) is 29.6 Å². The number of benzene rings is 3. The summed E-state index contributed by atoms with van der Waals surface area (Å²) in [7, 11) is 0. The maximum absolute atomic E-state index is 14.8. The molecule has 1 aromatic heterocycles. The van der Waals surface area contributed by atoms with E-state index in [1.54, 1.807) is 34.5 Å². The van der Waals surface area contributed by atoms with Gasteiger partial charge in [0.1, 0.15) is 18.4 Å². The van der Waals surface area contributed by atoms with Crippen LogP contribution in [0.3, 0.4) is 0 Å². The van der Waals surface area contributed by atoms with E-state index in [1.807, 2.05) is 85.8 Å². The van der Waals surface area contributed by atoms with E-state index in [2.05, 4.69) is 10.3 Å². The van der Waals surface area contributed by atoms with E-state index in [0.29, 0.717) is 55.3 Å². The van der Waals surface area contributed by atoms with E-state index in [4.69, 9.17) is 9.47 Å². The summed E-state index contributed by atoms with van der Waals surface area (Å²) in [6.45, 7) is 6.93. The lowest BCUT2D eigenvalue weighted by molar-refractivity contribution is -0.146. The molecule has 2 N–H and O–H groups in total. The summed E-state index contributed by atoms with van der Waals surface area (Å²) in [6.07, 6.45) is 0.284. The second-order valence-corrected chi connectivity index (χ2v) is 13.2. The van der Waals surface area contributed by atoms with Gasteiger partial charge in [0.25, 0.3) is 5.91 Å². The van der Waals surface area contributed by atoms with Crippen molar-refractivity contribution in [1.29, 1.82) is 0 Å². The zero-order chi connectivity index (χ0) is 32.9. The van der Waals surface area contributed by atoms with Crippen molar-refractivity contribution in [2.45, 2.75) is 63.7 Å². The number of hydrogen-bond acceptors (Lipinski definition) is 8. The third kappa shape index (κ3) is 5.38. The fourth-order valence-electron chi connectivity index (χ4n) is 7.67. The number of aliphatic hydroxyl groups excluding tert-OH is 1. The number of aliphatic hydroxyl groups is 2. The molecule has 11 nitrogen and oxygen atoms in total. The molecule has 11 heteroatoms. The molecule has 1 spiro atoms. The highest BCUT2D eigenvalue weighted by Gasteiger charge is 2.65. The number of aryl methyl sites for hydroxylation is 1. The van der Waals surface area contributed by atoms with Crippen molar-refractivity contribution < 1.29 is 29.3 Å². The van der Waals surface area contributed by atoms with Crippen LogP contribution in [-0.2, 0) is 33.0 Å². The summed E-state index contributed by atoms with van der Waals surface area (Å²) in [5.74, 6) is -1.04. The number of rotatable bonds is 9. The maximum atomic E-state index is 14.8. The smallest absolute Gasteiger partial charge is 0.414 e. The molecule has 2 fully saturated rings. The van der Waals surface area contributed by atoms with Gasteiger partial charge in [-0.15, -0.1) is 5.10 Å². The summed E-state index contributed by atoms with van der Waals surface area (Å²) in [4.78, 5) is 30.6. The van der Waals surface area contributed by atoms with E-state index in [0.717, 1.165) is 11.1 Å². The van der Waals surface area contributed by atoms with Crippen LogP contribution in [0.25, 0.3) is 0 Å². The Balaban J connectivity index is 1.22. The van der Waals surface area contributed by atoms with Crippen LogP contribution in [0.1, 0.15) is 55.7 Å². The number of hydrogen-bond donors (Lipinski definition) is 2. The Labute approximate surface area is 273 Å². The molecule has 2 saturated heterocycles. The topological polar surface area (TPSA) is 130 Å². The molecule has 0 bridgehead atoms. The molecule has 4 heterocycles. The molecule has 0 aliphatic carbocycles. The predicted molar refractivity (Wildman–Crippen MR) is 173 cm³/mol. The van der Waals surface area contributed by atoms with Crippen LogP contribution in [0.4, 0.5) is 16.2 Å². The first kappa shape index (κ1) is 31.0. The molecule has 2 amide bonds. The Morgan fingerprint density at radius 1 is 1.04 bits per heavy atom. The lowest BCUT2D eigenvalue weighted by Crippen LogP contribution is -2.46. The molecule has 244 valence electrons. The van der Waals surface area contributed by atoms with E-state index >= 15 is 0 Å². The van der Waals surface area contributed by atoms with E-state index in [9.17, 15) is 19.8 Å². The lowest BCUT2D eigenvalue weighted by atomic mass is 9.70. The third-order valence-corrected chi connectivity index (χ3v) is 9.82. The summed E-state index contributed by atoms with van der Waals surface area (Å²) >= 11 is 0. The van der Waals surface area contributed by atoms with Gasteiger partial charge in [-0.1, -0.05) is 72.8 Å². The molecule has 3 aliphatic heterocycles. The molecular weight excluding hydrogens is 598 g/mol. The molecular formula is C36H39N5O6. The lowest BCUT2D eigenvalue weighted by Gasteiger charge is -2.34. The van der Waals surface area contributed by atoms with Crippen LogP contribution in [0.5, 0.6) is 0 Å². The fourth-order valence-corrected chi connectivity index (χ4v) is 7.67. The first-order valence-electron chi connectivity index (χ1n) is 16.1. The molecule has 4 aromatic rings. The van der Waals surface area contributed by atoms with Crippen molar-refractivity contribution >= 4 is 23.4 Å². The first-order chi connectivity index (χ1) is 22.6. The number of ether oxygens (including phenoxy) is 2. The second-order valence-electron chi connectivity index (χ2n) is 13.2. The van der Waals surface area contributed by atoms with Gasteiger partial charge in [0.15, 0.2) is 5.60 Å². The highest BCUT2D eigenvalue weighted by Crippen LogP contribution is 2.58. The number of amides is 2. The van der Waals surface area contributed by atoms with Crippen molar-refractivity contribution in [3.63, 3.8) is 0 Å². The molecule has 5 atom stereocenters. The Morgan fingerprint density at radius 2 is 1.77 bits per heavy atom. The van der Waals surface area contributed by atoms with Gasteiger partial charge >= 0.3 is 6.09 Å². The van der Waals surface area contributed by atoms with Gasteiger partial charge in [0.2, 0.25) is 0 Å². The zero-order valence-electron chi connectivity index (χ0n) is 26.7. The highest BCUT2D eigenvalue weighted by molar-refractivity contribution is 6.08. The molecule has 3 aromatic carbocycles. The van der Waals surface area contributed by atoms with E-state index in [-0.39, 0.29) is 5.91 Å². The number of nitrogens with zero attached hydrogens (tertiary/aromatic N) is 5. The SMILES string of the molecule is C[C@@H]1[C@@H](C(C)(C)O)[C@H](CCn2cc([C@H](O)c3ccccc3)nn2)O[C@@]12C(=O)N(Cc1ccccc1)c1ccc(N3CCOC3=O)cc12. The number of anilines is 2. The second kappa shape index (κ2) is 11.9. The minimum Gasteiger partial charge on any atom is -0.447 e. The van der Waals surface area contributed by atoms with Crippen molar-refractivity contribution in [3.05, 3.63) is 107 Å². The van der Waals surface area contributed by atoms with Crippen LogP contribution in [0, 0.1) is 11.8 Å². The van der Waals surface area contributed by atoms with Crippen molar-refractivity contribution in [2.24, 2.45) is 11.8 Å². The van der Waals surface area contributed by atoms with Gasteiger partial charge in [-0.3, -0.25) is 14.4 Å². The normalized spacial score (nSPS) is 24.7. The van der Waals surface area contributed by atoms with Gasteiger partial charge in [-0.25, -0.2) is 4.79 Å². The molecule has 3 aliphatic rings. The average molecular weight is 638 g/mol. The first-order valence-corrected chi connectivity index (χ1v) is 16.1. The summed E-state index contributed by atoms with van der Waals surface area (Å²) in [5, 5.41) is 30.8. The van der Waals surface area contributed by atoms with Crippen LogP contribution >= 0.6 is 0 Å². The summed E-state index contributed by atoms with van der Waals surface area (Å²) in [6, 6.07) is 24.6. The van der Waals surface area contributed by atoms with E-state index < -0.39 is 41.3 Å². The minimum atomic E-state index is -1.39. The van der Waals surface area contributed by atoms with Crippen molar-refractivity contribution in [1.82, 2.24) is 15.0 Å².